The Labute approximate surface area is 131 Å². The minimum atomic E-state index is 0.0162. The molecule has 1 aliphatic heterocycles. The predicted octanol–water partition coefficient (Wildman–Crippen LogP) is 3.93. The van der Waals surface area contributed by atoms with E-state index in [1.54, 1.807) is 11.3 Å². The van der Waals surface area contributed by atoms with E-state index in [9.17, 15) is 4.79 Å². The van der Waals surface area contributed by atoms with Crippen molar-refractivity contribution in [3.8, 4) is 0 Å². The number of amides is 1. The van der Waals surface area contributed by atoms with Gasteiger partial charge in [0, 0.05) is 6.54 Å². The van der Waals surface area contributed by atoms with E-state index in [2.05, 4.69) is 40.9 Å². The van der Waals surface area contributed by atoms with Crippen molar-refractivity contribution in [3.63, 3.8) is 0 Å². The summed E-state index contributed by atoms with van der Waals surface area (Å²) in [7, 11) is 0. The van der Waals surface area contributed by atoms with Gasteiger partial charge in [-0.2, -0.15) is 11.3 Å². The third kappa shape index (κ3) is 3.02. The Morgan fingerprint density at radius 3 is 2.81 bits per heavy atom. The lowest BCUT2D eigenvalue weighted by Crippen LogP contribution is -2.35. The van der Waals surface area contributed by atoms with Gasteiger partial charge in [0.15, 0.2) is 0 Å². The van der Waals surface area contributed by atoms with Crippen molar-refractivity contribution in [2.75, 3.05) is 6.54 Å². The number of rotatable bonds is 7. The summed E-state index contributed by atoms with van der Waals surface area (Å²) in [5.74, 6) is 0.319. The van der Waals surface area contributed by atoms with Crippen LogP contribution >= 0.6 is 11.3 Å². The van der Waals surface area contributed by atoms with Crippen LogP contribution in [0, 0.1) is 5.41 Å². The normalized spacial score (nSPS) is 27.3. The Hall–Kier alpha value is -0.870. The number of hydrogen-bond donors (Lipinski definition) is 1. The number of carbonyl (C=O) groups is 1. The van der Waals surface area contributed by atoms with Crippen LogP contribution in [0.1, 0.15) is 64.1 Å². The summed E-state index contributed by atoms with van der Waals surface area (Å²) < 4.78 is 0. The molecule has 2 aliphatic rings. The fourth-order valence-corrected chi connectivity index (χ4v) is 4.01. The molecule has 1 aliphatic carbocycles. The van der Waals surface area contributed by atoms with Crippen LogP contribution in [0.25, 0.3) is 0 Å². The molecule has 2 fully saturated rings. The lowest BCUT2D eigenvalue weighted by molar-refractivity contribution is -0.131. The van der Waals surface area contributed by atoms with Crippen molar-refractivity contribution in [1.29, 1.82) is 0 Å². The third-order valence-corrected chi connectivity index (χ3v) is 5.87. The van der Waals surface area contributed by atoms with Crippen LogP contribution in [-0.2, 0) is 4.79 Å². The molecule has 21 heavy (non-hydrogen) atoms. The van der Waals surface area contributed by atoms with Crippen molar-refractivity contribution in [2.24, 2.45) is 5.41 Å². The highest BCUT2D eigenvalue weighted by Crippen LogP contribution is 2.50. The zero-order valence-corrected chi connectivity index (χ0v) is 13.9. The van der Waals surface area contributed by atoms with E-state index < -0.39 is 0 Å². The minimum absolute atomic E-state index is 0.0162. The average Bonchev–Trinajstić information content (AvgIpc) is 2.93. The molecule has 4 heteroatoms. The van der Waals surface area contributed by atoms with Gasteiger partial charge in [-0.05, 0) is 53.5 Å². The maximum atomic E-state index is 12.8. The van der Waals surface area contributed by atoms with Gasteiger partial charge in [-0.1, -0.05) is 26.7 Å². The maximum absolute atomic E-state index is 12.8. The number of hydrogen-bond acceptors (Lipinski definition) is 3. The maximum Gasteiger partial charge on any atom is 0.241 e. The molecule has 3 rings (SSSR count). The molecule has 1 aromatic heterocycles. The highest BCUT2D eigenvalue weighted by molar-refractivity contribution is 7.07. The summed E-state index contributed by atoms with van der Waals surface area (Å²) in [6, 6.07) is 2.17. The van der Waals surface area contributed by atoms with Gasteiger partial charge < -0.3 is 4.90 Å². The summed E-state index contributed by atoms with van der Waals surface area (Å²) >= 11 is 1.71. The Morgan fingerprint density at radius 1 is 1.43 bits per heavy atom. The van der Waals surface area contributed by atoms with Crippen LogP contribution in [-0.4, -0.2) is 23.4 Å². The Bertz CT molecular complexity index is 481. The zero-order valence-electron chi connectivity index (χ0n) is 13.1. The second kappa shape index (κ2) is 6.09. The van der Waals surface area contributed by atoms with Crippen molar-refractivity contribution >= 4 is 17.2 Å². The van der Waals surface area contributed by atoms with E-state index in [1.165, 1.54) is 24.8 Å². The number of unbranched alkanes of at least 4 members (excludes halogenated alkanes) is 1. The summed E-state index contributed by atoms with van der Waals surface area (Å²) in [4.78, 5) is 14.9. The molecule has 0 spiro atoms. The molecule has 1 amide bonds. The molecule has 116 valence electrons. The standard InChI is InChI=1S/C17H26N2OS/c1-3-5-6-14-16(20)19(12-17(4-2)8-9-17)15(18-14)13-7-10-21-11-13/h7,10-11,14-15,18H,3-6,8-9,12H2,1-2H3. The topological polar surface area (TPSA) is 32.3 Å². The Kier molecular flexibility index (Phi) is 4.36. The molecule has 1 saturated carbocycles. The predicted molar refractivity (Wildman–Crippen MR) is 87.2 cm³/mol. The number of carbonyl (C=O) groups excluding carboxylic acids is 1. The van der Waals surface area contributed by atoms with Gasteiger partial charge in [0.25, 0.3) is 0 Å². The fourth-order valence-electron chi connectivity index (χ4n) is 3.33. The van der Waals surface area contributed by atoms with Gasteiger partial charge in [-0.25, -0.2) is 0 Å². The smallest absolute Gasteiger partial charge is 0.241 e. The van der Waals surface area contributed by atoms with E-state index in [0.717, 1.165) is 25.8 Å². The second-order valence-electron chi connectivity index (χ2n) is 6.64. The first-order valence-corrected chi connectivity index (χ1v) is 9.22. The van der Waals surface area contributed by atoms with Gasteiger partial charge in [-0.15, -0.1) is 0 Å². The molecule has 2 heterocycles. The highest BCUT2D eigenvalue weighted by Gasteiger charge is 2.48. The number of nitrogens with zero attached hydrogens (tertiary/aromatic N) is 1. The van der Waals surface area contributed by atoms with Gasteiger partial charge in [0.2, 0.25) is 5.91 Å². The first-order chi connectivity index (χ1) is 10.2. The first-order valence-electron chi connectivity index (χ1n) is 8.28. The molecule has 2 atom stereocenters. The quantitative estimate of drug-likeness (QED) is 0.828. The minimum Gasteiger partial charge on any atom is -0.321 e. The van der Waals surface area contributed by atoms with Gasteiger partial charge >= 0.3 is 0 Å². The van der Waals surface area contributed by atoms with Gasteiger partial charge in [0.05, 0.1) is 6.04 Å². The monoisotopic (exact) mass is 306 g/mol. The lowest BCUT2D eigenvalue weighted by Gasteiger charge is -2.28. The molecule has 3 nitrogen and oxygen atoms in total. The van der Waals surface area contributed by atoms with Crippen LogP contribution in [0.3, 0.4) is 0 Å². The van der Waals surface area contributed by atoms with Crippen molar-refractivity contribution in [2.45, 2.75) is 64.6 Å². The van der Waals surface area contributed by atoms with Crippen molar-refractivity contribution in [1.82, 2.24) is 10.2 Å². The van der Waals surface area contributed by atoms with E-state index in [-0.39, 0.29) is 12.2 Å². The van der Waals surface area contributed by atoms with Gasteiger partial charge in [0.1, 0.15) is 6.17 Å². The zero-order chi connectivity index (χ0) is 14.9. The van der Waals surface area contributed by atoms with E-state index in [1.807, 2.05) is 0 Å². The second-order valence-corrected chi connectivity index (χ2v) is 7.42. The fraction of sp³-hybridized carbons (Fsp3) is 0.706. The van der Waals surface area contributed by atoms with Crippen LogP contribution in [0.15, 0.2) is 16.8 Å². The summed E-state index contributed by atoms with van der Waals surface area (Å²) in [6.07, 6.45) is 7.07. The highest BCUT2D eigenvalue weighted by atomic mass is 32.1. The molecular weight excluding hydrogens is 280 g/mol. The van der Waals surface area contributed by atoms with Crippen LogP contribution in [0.5, 0.6) is 0 Å². The molecule has 0 radical (unpaired) electrons. The molecular formula is C17H26N2OS. The van der Waals surface area contributed by atoms with E-state index in [0.29, 0.717) is 11.3 Å². The Morgan fingerprint density at radius 2 is 2.24 bits per heavy atom. The van der Waals surface area contributed by atoms with E-state index in [4.69, 9.17) is 0 Å². The molecule has 0 aromatic carbocycles. The molecule has 1 aromatic rings. The van der Waals surface area contributed by atoms with Crippen LogP contribution in [0.4, 0.5) is 0 Å². The lowest BCUT2D eigenvalue weighted by atomic mass is 10.0. The SMILES string of the molecule is CCCCC1NC(c2ccsc2)N(CC2(CC)CC2)C1=O. The Balaban J connectivity index is 1.77. The van der Waals surface area contributed by atoms with Crippen molar-refractivity contribution < 1.29 is 4.79 Å². The molecule has 2 unspecified atom stereocenters. The van der Waals surface area contributed by atoms with Crippen molar-refractivity contribution in [3.05, 3.63) is 22.4 Å². The molecule has 1 saturated heterocycles. The summed E-state index contributed by atoms with van der Waals surface area (Å²) in [6.45, 7) is 5.37. The van der Waals surface area contributed by atoms with E-state index >= 15 is 0 Å². The summed E-state index contributed by atoms with van der Waals surface area (Å²) in [5.41, 5.74) is 1.66. The van der Waals surface area contributed by atoms with Crippen LogP contribution in [0.2, 0.25) is 0 Å². The average molecular weight is 306 g/mol. The third-order valence-electron chi connectivity index (χ3n) is 5.17. The first kappa shape index (κ1) is 15.0. The number of nitrogens with one attached hydrogen (secondary N) is 1. The van der Waals surface area contributed by atoms with Crippen LogP contribution < -0.4 is 5.32 Å². The largest absolute Gasteiger partial charge is 0.321 e. The summed E-state index contributed by atoms with van der Waals surface area (Å²) in [5, 5.41) is 7.86. The van der Waals surface area contributed by atoms with Gasteiger partial charge in [-0.3, -0.25) is 10.1 Å². The number of thiophene rings is 1. The molecule has 0 bridgehead atoms. The molecule has 1 N–H and O–H groups in total.